The SMILES string of the molecule is CCCc1nsc(NCC(C)(C)C)n1. The lowest BCUT2D eigenvalue weighted by Gasteiger charge is -2.17. The van der Waals surface area contributed by atoms with Crippen LogP contribution in [0, 0.1) is 5.41 Å². The molecule has 80 valence electrons. The van der Waals surface area contributed by atoms with Gasteiger partial charge in [-0.3, -0.25) is 0 Å². The molecule has 0 unspecified atom stereocenters. The molecule has 14 heavy (non-hydrogen) atoms. The molecule has 0 aromatic carbocycles. The van der Waals surface area contributed by atoms with E-state index in [0.29, 0.717) is 0 Å². The van der Waals surface area contributed by atoms with E-state index < -0.39 is 0 Å². The first kappa shape index (κ1) is 11.4. The van der Waals surface area contributed by atoms with Gasteiger partial charge in [0.15, 0.2) is 0 Å². The molecule has 0 aliphatic carbocycles. The second kappa shape index (κ2) is 4.73. The van der Waals surface area contributed by atoms with Crippen LogP contribution in [-0.4, -0.2) is 15.9 Å². The van der Waals surface area contributed by atoms with Crippen molar-refractivity contribution in [2.45, 2.75) is 40.5 Å². The van der Waals surface area contributed by atoms with E-state index in [1.807, 2.05) is 0 Å². The van der Waals surface area contributed by atoms with E-state index in [-0.39, 0.29) is 5.41 Å². The third-order valence-electron chi connectivity index (χ3n) is 1.71. The molecule has 1 heterocycles. The molecule has 1 aromatic heterocycles. The Hall–Kier alpha value is -0.640. The highest BCUT2D eigenvalue weighted by atomic mass is 32.1. The molecule has 1 N–H and O–H groups in total. The van der Waals surface area contributed by atoms with E-state index in [2.05, 4.69) is 42.4 Å². The molecule has 0 radical (unpaired) electrons. The molecule has 3 nitrogen and oxygen atoms in total. The van der Waals surface area contributed by atoms with Crippen molar-refractivity contribution in [3.05, 3.63) is 5.82 Å². The second-order valence-electron chi connectivity index (χ2n) is 4.68. The van der Waals surface area contributed by atoms with Gasteiger partial charge in [-0.15, -0.1) is 0 Å². The van der Waals surface area contributed by atoms with Gasteiger partial charge in [0.2, 0.25) is 5.13 Å². The minimum absolute atomic E-state index is 0.288. The minimum atomic E-state index is 0.288. The molecular weight excluding hydrogens is 194 g/mol. The monoisotopic (exact) mass is 213 g/mol. The average molecular weight is 213 g/mol. The highest BCUT2D eigenvalue weighted by Gasteiger charge is 2.11. The Morgan fingerprint density at radius 3 is 2.64 bits per heavy atom. The molecule has 0 saturated heterocycles. The van der Waals surface area contributed by atoms with E-state index >= 15 is 0 Å². The van der Waals surface area contributed by atoms with Gasteiger partial charge >= 0.3 is 0 Å². The van der Waals surface area contributed by atoms with E-state index in [4.69, 9.17) is 0 Å². The number of aryl methyl sites for hydroxylation is 1. The maximum atomic E-state index is 4.40. The number of nitrogens with zero attached hydrogens (tertiary/aromatic N) is 2. The van der Waals surface area contributed by atoms with Crippen molar-refractivity contribution in [3.8, 4) is 0 Å². The van der Waals surface area contributed by atoms with Crippen LogP contribution >= 0.6 is 11.5 Å². The Kier molecular flexibility index (Phi) is 3.86. The minimum Gasteiger partial charge on any atom is -0.360 e. The number of hydrogen-bond donors (Lipinski definition) is 1. The molecule has 0 aliphatic heterocycles. The maximum absolute atomic E-state index is 4.40. The highest BCUT2D eigenvalue weighted by Crippen LogP contribution is 2.17. The molecule has 0 atom stereocenters. The fourth-order valence-corrected chi connectivity index (χ4v) is 1.60. The topological polar surface area (TPSA) is 37.8 Å². The lowest BCUT2D eigenvalue weighted by Crippen LogP contribution is -2.18. The van der Waals surface area contributed by atoms with Crippen LogP contribution in [0.5, 0.6) is 0 Å². The molecule has 0 amide bonds. The van der Waals surface area contributed by atoms with Crippen LogP contribution in [0.3, 0.4) is 0 Å². The van der Waals surface area contributed by atoms with Gasteiger partial charge in [0.25, 0.3) is 0 Å². The molecule has 0 spiro atoms. The summed E-state index contributed by atoms with van der Waals surface area (Å²) in [5.41, 5.74) is 0.288. The quantitative estimate of drug-likeness (QED) is 0.835. The summed E-state index contributed by atoms with van der Waals surface area (Å²) in [6.45, 7) is 9.69. The maximum Gasteiger partial charge on any atom is 0.202 e. The number of anilines is 1. The largest absolute Gasteiger partial charge is 0.360 e. The molecule has 0 aliphatic rings. The molecule has 0 saturated carbocycles. The molecule has 1 aromatic rings. The fraction of sp³-hybridized carbons (Fsp3) is 0.800. The molecule has 1 rings (SSSR count). The predicted molar refractivity (Wildman–Crippen MR) is 61.8 cm³/mol. The average Bonchev–Trinajstić information content (AvgIpc) is 2.49. The lowest BCUT2D eigenvalue weighted by molar-refractivity contribution is 0.443. The highest BCUT2D eigenvalue weighted by molar-refractivity contribution is 7.09. The Bertz CT molecular complexity index is 275. The van der Waals surface area contributed by atoms with Crippen molar-refractivity contribution in [3.63, 3.8) is 0 Å². The van der Waals surface area contributed by atoms with Crippen LogP contribution in [0.4, 0.5) is 5.13 Å². The van der Waals surface area contributed by atoms with Gasteiger partial charge in [-0.05, 0) is 11.8 Å². The van der Waals surface area contributed by atoms with Gasteiger partial charge in [0.1, 0.15) is 5.82 Å². The van der Waals surface area contributed by atoms with E-state index in [9.17, 15) is 0 Å². The van der Waals surface area contributed by atoms with Crippen molar-refractivity contribution < 1.29 is 0 Å². The first-order valence-corrected chi connectivity index (χ1v) is 5.85. The summed E-state index contributed by atoms with van der Waals surface area (Å²) in [6.07, 6.45) is 2.09. The van der Waals surface area contributed by atoms with E-state index in [1.54, 1.807) is 0 Å². The van der Waals surface area contributed by atoms with Crippen molar-refractivity contribution in [1.82, 2.24) is 9.36 Å². The van der Waals surface area contributed by atoms with Crippen LogP contribution < -0.4 is 5.32 Å². The van der Waals surface area contributed by atoms with Crippen molar-refractivity contribution in [2.75, 3.05) is 11.9 Å². The normalized spacial score (nSPS) is 11.7. The standard InChI is InChI=1S/C10H19N3S/c1-5-6-8-12-9(14-13-8)11-7-10(2,3)4/h5-7H2,1-4H3,(H,11,12,13). The Labute approximate surface area is 90.1 Å². The fourth-order valence-electron chi connectivity index (χ4n) is 0.992. The van der Waals surface area contributed by atoms with Crippen molar-refractivity contribution >= 4 is 16.7 Å². The molecule has 0 bridgehead atoms. The predicted octanol–water partition coefficient (Wildman–Crippen LogP) is 2.95. The van der Waals surface area contributed by atoms with Crippen LogP contribution in [0.2, 0.25) is 0 Å². The number of rotatable bonds is 4. The summed E-state index contributed by atoms with van der Waals surface area (Å²) < 4.78 is 4.27. The molecular formula is C10H19N3S. The zero-order valence-electron chi connectivity index (χ0n) is 9.42. The van der Waals surface area contributed by atoms with E-state index in [1.165, 1.54) is 11.5 Å². The third-order valence-corrected chi connectivity index (χ3v) is 2.42. The van der Waals surface area contributed by atoms with Crippen LogP contribution in [0.15, 0.2) is 0 Å². The van der Waals surface area contributed by atoms with Crippen LogP contribution in [0.25, 0.3) is 0 Å². The summed E-state index contributed by atoms with van der Waals surface area (Å²) >= 11 is 1.46. The summed E-state index contributed by atoms with van der Waals surface area (Å²) in [5.74, 6) is 0.967. The number of hydrogen-bond acceptors (Lipinski definition) is 4. The first-order chi connectivity index (χ1) is 6.51. The van der Waals surface area contributed by atoms with Gasteiger partial charge in [0.05, 0.1) is 0 Å². The Morgan fingerprint density at radius 2 is 2.07 bits per heavy atom. The summed E-state index contributed by atoms with van der Waals surface area (Å²) in [7, 11) is 0. The zero-order chi connectivity index (χ0) is 10.6. The summed E-state index contributed by atoms with van der Waals surface area (Å²) in [6, 6.07) is 0. The number of nitrogens with one attached hydrogen (secondary N) is 1. The van der Waals surface area contributed by atoms with Gasteiger partial charge < -0.3 is 5.32 Å². The van der Waals surface area contributed by atoms with Gasteiger partial charge in [-0.25, -0.2) is 4.98 Å². The summed E-state index contributed by atoms with van der Waals surface area (Å²) in [4.78, 5) is 4.40. The lowest BCUT2D eigenvalue weighted by atomic mass is 9.97. The smallest absolute Gasteiger partial charge is 0.202 e. The van der Waals surface area contributed by atoms with Crippen molar-refractivity contribution in [2.24, 2.45) is 5.41 Å². The molecule has 0 fully saturated rings. The van der Waals surface area contributed by atoms with Gasteiger partial charge in [-0.2, -0.15) is 4.37 Å². The van der Waals surface area contributed by atoms with Crippen molar-refractivity contribution in [1.29, 1.82) is 0 Å². The number of aromatic nitrogens is 2. The summed E-state index contributed by atoms with van der Waals surface area (Å²) in [5, 5.41) is 4.26. The van der Waals surface area contributed by atoms with Crippen LogP contribution in [-0.2, 0) is 6.42 Å². The van der Waals surface area contributed by atoms with Gasteiger partial charge in [0, 0.05) is 24.5 Å². The Balaban J connectivity index is 2.44. The first-order valence-electron chi connectivity index (χ1n) is 5.08. The zero-order valence-corrected chi connectivity index (χ0v) is 10.2. The second-order valence-corrected chi connectivity index (χ2v) is 5.43. The van der Waals surface area contributed by atoms with Crippen LogP contribution in [0.1, 0.15) is 39.9 Å². The van der Waals surface area contributed by atoms with E-state index in [0.717, 1.165) is 30.3 Å². The molecule has 4 heteroatoms. The van der Waals surface area contributed by atoms with Gasteiger partial charge in [-0.1, -0.05) is 27.7 Å². The third kappa shape index (κ3) is 4.05. The Morgan fingerprint density at radius 1 is 1.36 bits per heavy atom.